The van der Waals surface area contributed by atoms with Crippen molar-refractivity contribution in [3.05, 3.63) is 41.8 Å². The minimum Gasteiger partial charge on any atom is -0.462 e. The second kappa shape index (κ2) is 6.29. The van der Waals surface area contributed by atoms with Crippen LogP contribution in [-0.4, -0.2) is 43.1 Å². The molecule has 0 amide bonds. The lowest BCUT2D eigenvalue weighted by atomic mass is 10.2. The van der Waals surface area contributed by atoms with Gasteiger partial charge in [-0.25, -0.2) is 19.8 Å². The van der Waals surface area contributed by atoms with Crippen molar-refractivity contribution in [2.45, 2.75) is 6.92 Å². The zero-order valence-corrected chi connectivity index (χ0v) is 13.4. The Labute approximate surface area is 138 Å². The molecule has 1 aromatic carbocycles. The van der Waals surface area contributed by atoms with E-state index in [4.69, 9.17) is 4.74 Å². The Morgan fingerprint density at radius 3 is 2.92 bits per heavy atom. The van der Waals surface area contributed by atoms with Crippen LogP contribution in [0.2, 0.25) is 0 Å². The Hall–Kier alpha value is -2.92. The van der Waals surface area contributed by atoms with Crippen LogP contribution in [0.5, 0.6) is 0 Å². The Bertz CT molecular complexity index is 848. The van der Waals surface area contributed by atoms with E-state index in [0.717, 1.165) is 4.41 Å². The standard InChI is InChI=1S/C13H14N6O4S/c1-2-23-13(20)10-5-3-4-6-11(10)16-24(21,22)19-7-12-15-8-14-9-18(12)17-19/h3-9,16-17H,2H2,1H3. The molecule has 126 valence electrons. The number of esters is 1. The molecule has 0 aliphatic carbocycles. The molecular formula is C13H14N6O4S. The molecule has 2 heterocycles. The zero-order chi connectivity index (χ0) is 17.2. The molecule has 0 aromatic heterocycles. The molecule has 0 radical (unpaired) electrons. The number of hydrogen-bond acceptors (Lipinski definition) is 8. The lowest BCUT2D eigenvalue weighted by Crippen LogP contribution is -2.45. The largest absolute Gasteiger partial charge is 0.462 e. The van der Waals surface area contributed by atoms with Gasteiger partial charge in [-0.05, 0) is 19.1 Å². The van der Waals surface area contributed by atoms with E-state index in [9.17, 15) is 13.2 Å². The topological polar surface area (TPSA) is 116 Å². The summed E-state index contributed by atoms with van der Waals surface area (Å²) in [5.41, 5.74) is 2.80. The van der Waals surface area contributed by atoms with Crippen LogP contribution in [0.25, 0.3) is 0 Å². The molecule has 0 saturated heterocycles. The second-order valence-corrected chi connectivity index (χ2v) is 6.18. The van der Waals surface area contributed by atoms with Gasteiger partial charge in [0.1, 0.15) is 12.7 Å². The summed E-state index contributed by atoms with van der Waals surface area (Å²) in [6, 6.07) is 6.17. The molecule has 11 heteroatoms. The molecule has 0 atom stereocenters. The average molecular weight is 350 g/mol. The van der Waals surface area contributed by atoms with Gasteiger partial charge in [0.15, 0.2) is 5.82 Å². The zero-order valence-electron chi connectivity index (χ0n) is 12.6. The summed E-state index contributed by atoms with van der Waals surface area (Å²) in [7, 11) is -4.03. The van der Waals surface area contributed by atoms with Crippen LogP contribution >= 0.6 is 0 Å². The number of nitrogens with one attached hydrogen (secondary N) is 2. The van der Waals surface area contributed by atoms with Gasteiger partial charge in [0.25, 0.3) is 0 Å². The van der Waals surface area contributed by atoms with Gasteiger partial charge in [0.2, 0.25) is 0 Å². The van der Waals surface area contributed by atoms with Crippen LogP contribution in [0.3, 0.4) is 0 Å². The van der Waals surface area contributed by atoms with E-state index in [1.165, 1.54) is 36.0 Å². The smallest absolute Gasteiger partial charge is 0.340 e. The molecule has 2 aliphatic heterocycles. The summed E-state index contributed by atoms with van der Waals surface area (Å²) in [6.07, 6.45) is 3.95. The number of anilines is 1. The van der Waals surface area contributed by atoms with Gasteiger partial charge in [-0.3, -0.25) is 4.72 Å². The minimum atomic E-state index is -4.03. The van der Waals surface area contributed by atoms with Crippen molar-refractivity contribution in [1.82, 2.24) is 15.0 Å². The number of benzene rings is 1. The fraction of sp³-hybridized carbons (Fsp3) is 0.154. The van der Waals surface area contributed by atoms with E-state index >= 15 is 0 Å². The Balaban J connectivity index is 1.84. The van der Waals surface area contributed by atoms with Crippen molar-refractivity contribution in [2.24, 2.45) is 9.98 Å². The van der Waals surface area contributed by atoms with Gasteiger partial charge >= 0.3 is 16.2 Å². The quantitative estimate of drug-likeness (QED) is 0.744. The van der Waals surface area contributed by atoms with E-state index in [1.807, 2.05) is 0 Å². The van der Waals surface area contributed by atoms with Crippen molar-refractivity contribution in [3.63, 3.8) is 0 Å². The molecule has 3 rings (SSSR count). The molecule has 2 N–H and O–H groups in total. The maximum absolute atomic E-state index is 12.5. The van der Waals surface area contributed by atoms with Gasteiger partial charge in [-0.15, -0.1) is 5.53 Å². The number of fused-ring (bicyclic) bond motifs is 1. The Kier molecular flexibility index (Phi) is 4.18. The molecule has 24 heavy (non-hydrogen) atoms. The van der Waals surface area contributed by atoms with Crippen LogP contribution in [0.15, 0.2) is 46.3 Å². The number of carbonyl (C=O) groups excluding carboxylic acids is 1. The summed E-state index contributed by atoms with van der Waals surface area (Å²) in [6.45, 7) is 1.86. The third-order valence-electron chi connectivity index (χ3n) is 3.04. The van der Waals surface area contributed by atoms with E-state index in [0.29, 0.717) is 5.82 Å². The van der Waals surface area contributed by atoms with Crippen molar-refractivity contribution in [1.29, 1.82) is 0 Å². The van der Waals surface area contributed by atoms with Crippen molar-refractivity contribution in [3.8, 4) is 0 Å². The highest BCUT2D eigenvalue weighted by molar-refractivity contribution is 7.90. The molecule has 10 nitrogen and oxygen atoms in total. The molecule has 0 fully saturated rings. The predicted molar refractivity (Wildman–Crippen MR) is 86.8 cm³/mol. The Morgan fingerprint density at radius 2 is 2.17 bits per heavy atom. The summed E-state index contributed by atoms with van der Waals surface area (Å²) in [5, 5.41) is 1.33. The normalized spacial score (nSPS) is 16.0. The summed E-state index contributed by atoms with van der Waals surface area (Å²) in [4.78, 5) is 19.6. The number of hydrogen-bond donors (Lipinski definition) is 2. The van der Waals surface area contributed by atoms with E-state index in [1.54, 1.807) is 19.1 Å². The van der Waals surface area contributed by atoms with E-state index in [-0.39, 0.29) is 17.9 Å². The summed E-state index contributed by atoms with van der Waals surface area (Å²) < 4.78 is 33.1. The van der Waals surface area contributed by atoms with Crippen LogP contribution in [0.1, 0.15) is 17.3 Å². The first-order valence-electron chi connectivity index (χ1n) is 6.93. The first-order valence-corrected chi connectivity index (χ1v) is 8.37. The third kappa shape index (κ3) is 3.07. The van der Waals surface area contributed by atoms with Gasteiger partial charge in [0.05, 0.1) is 24.1 Å². The van der Waals surface area contributed by atoms with Crippen LogP contribution < -0.4 is 10.3 Å². The fourth-order valence-corrected chi connectivity index (χ4v) is 2.98. The first kappa shape index (κ1) is 16.0. The number of aliphatic imine (C=N–C) groups is 2. The maximum atomic E-state index is 12.5. The van der Waals surface area contributed by atoms with E-state index in [2.05, 4.69) is 20.2 Å². The summed E-state index contributed by atoms with van der Waals surface area (Å²) >= 11 is 0. The van der Waals surface area contributed by atoms with Crippen LogP contribution in [0.4, 0.5) is 5.69 Å². The monoisotopic (exact) mass is 350 g/mol. The lowest BCUT2D eigenvalue weighted by Gasteiger charge is -2.21. The van der Waals surface area contributed by atoms with Gasteiger partial charge in [0, 0.05) is 0 Å². The molecule has 1 aromatic rings. The minimum absolute atomic E-state index is 0.109. The molecule has 0 bridgehead atoms. The Morgan fingerprint density at radius 1 is 1.38 bits per heavy atom. The number of hydrazine groups is 2. The van der Waals surface area contributed by atoms with Gasteiger partial charge in [-0.2, -0.15) is 12.8 Å². The number of carbonyl (C=O) groups is 1. The second-order valence-electron chi connectivity index (χ2n) is 4.64. The van der Waals surface area contributed by atoms with E-state index < -0.39 is 16.2 Å². The van der Waals surface area contributed by atoms with Crippen LogP contribution in [-0.2, 0) is 14.9 Å². The predicted octanol–water partition coefficient (Wildman–Crippen LogP) is 0.426. The number of nitrogens with zero attached hydrogens (tertiary/aromatic N) is 4. The van der Waals surface area contributed by atoms with Gasteiger partial charge < -0.3 is 4.74 Å². The fourth-order valence-electron chi connectivity index (χ4n) is 1.99. The SMILES string of the molecule is CCOC(=O)c1ccccc1NS(=O)(=O)N1C=C2N=CN=CN2N1. The third-order valence-corrected chi connectivity index (χ3v) is 4.23. The molecule has 0 unspecified atom stereocenters. The molecule has 0 spiro atoms. The highest BCUT2D eigenvalue weighted by Crippen LogP contribution is 2.21. The number of ether oxygens (including phenoxy) is 1. The number of para-hydroxylation sites is 1. The molecule has 2 aliphatic rings. The summed E-state index contributed by atoms with van der Waals surface area (Å²) in [5.74, 6) is -0.258. The van der Waals surface area contributed by atoms with Crippen molar-refractivity contribution in [2.75, 3.05) is 11.3 Å². The van der Waals surface area contributed by atoms with Gasteiger partial charge in [-0.1, -0.05) is 12.1 Å². The molecular weight excluding hydrogens is 336 g/mol. The van der Waals surface area contributed by atoms with Crippen molar-refractivity contribution < 1.29 is 17.9 Å². The number of rotatable bonds is 5. The maximum Gasteiger partial charge on any atom is 0.340 e. The highest BCUT2D eigenvalue weighted by Gasteiger charge is 2.30. The first-order chi connectivity index (χ1) is 11.5. The van der Waals surface area contributed by atoms with Crippen LogP contribution in [0, 0.1) is 0 Å². The average Bonchev–Trinajstić information content (AvgIpc) is 3.00. The highest BCUT2D eigenvalue weighted by atomic mass is 32.2. The van der Waals surface area contributed by atoms with Crippen molar-refractivity contribution >= 4 is 34.5 Å². The lowest BCUT2D eigenvalue weighted by molar-refractivity contribution is 0.0527. The molecule has 0 saturated carbocycles.